The van der Waals surface area contributed by atoms with E-state index in [-0.39, 0.29) is 5.91 Å². The molecule has 4 nitrogen and oxygen atoms in total. The smallest absolute Gasteiger partial charge is 0.257 e. The third-order valence-electron chi connectivity index (χ3n) is 3.43. The minimum Gasteiger partial charge on any atom is -0.363 e. The molecular formula is C18H17N3OS. The molecular weight excluding hydrogens is 306 g/mol. The van der Waals surface area contributed by atoms with Crippen molar-refractivity contribution in [1.29, 1.82) is 0 Å². The maximum Gasteiger partial charge on any atom is 0.257 e. The first-order valence-electron chi connectivity index (χ1n) is 7.23. The van der Waals surface area contributed by atoms with Gasteiger partial charge in [-0.25, -0.2) is 4.98 Å². The van der Waals surface area contributed by atoms with Gasteiger partial charge in [0, 0.05) is 36.4 Å². The Morgan fingerprint density at radius 3 is 2.57 bits per heavy atom. The van der Waals surface area contributed by atoms with Crippen molar-refractivity contribution in [3.05, 3.63) is 65.7 Å². The van der Waals surface area contributed by atoms with Crippen molar-refractivity contribution >= 4 is 28.7 Å². The molecule has 0 fully saturated rings. The molecule has 0 unspecified atom stereocenters. The molecule has 3 rings (SSSR count). The number of thiophene rings is 1. The van der Waals surface area contributed by atoms with E-state index in [2.05, 4.69) is 10.3 Å². The second-order valence-electron chi connectivity index (χ2n) is 5.28. The molecule has 1 amide bonds. The molecule has 2 heterocycles. The molecule has 116 valence electrons. The lowest BCUT2D eigenvalue weighted by molar-refractivity contribution is 0.102. The number of nitrogens with zero attached hydrogens (tertiary/aromatic N) is 2. The Morgan fingerprint density at radius 2 is 1.91 bits per heavy atom. The summed E-state index contributed by atoms with van der Waals surface area (Å²) in [6.07, 6.45) is 1.60. The molecule has 0 saturated heterocycles. The third-order valence-corrected chi connectivity index (χ3v) is 4.33. The maximum absolute atomic E-state index is 12.5. The zero-order valence-corrected chi connectivity index (χ0v) is 13.8. The van der Waals surface area contributed by atoms with Gasteiger partial charge in [-0.15, -0.1) is 11.3 Å². The molecule has 1 aromatic carbocycles. The van der Waals surface area contributed by atoms with Crippen molar-refractivity contribution < 1.29 is 4.79 Å². The number of pyridine rings is 1. The zero-order valence-electron chi connectivity index (χ0n) is 13.0. The topological polar surface area (TPSA) is 45.2 Å². The Hall–Kier alpha value is -2.66. The van der Waals surface area contributed by atoms with Crippen LogP contribution < -0.4 is 10.2 Å². The van der Waals surface area contributed by atoms with Crippen molar-refractivity contribution in [3.8, 4) is 10.4 Å². The summed E-state index contributed by atoms with van der Waals surface area (Å²) in [4.78, 5) is 19.8. The van der Waals surface area contributed by atoms with Crippen molar-refractivity contribution in [2.75, 3.05) is 24.3 Å². The van der Waals surface area contributed by atoms with Crippen molar-refractivity contribution in [2.45, 2.75) is 0 Å². The van der Waals surface area contributed by atoms with E-state index in [0.29, 0.717) is 5.56 Å². The first kappa shape index (κ1) is 15.2. The summed E-state index contributed by atoms with van der Waals surface area (Å²) in [6, 6.07) is 15.5. The van der Waals surface area contributed by atoms with Gasteiger partial charge in [-0.05, 0) is 29.6 Å². The van der Waals surface area contributed by atoms with E-state index >= 15 is 0 Å². The molecule has 0 aliphatic carbocycles. The second-order valence-corrected chi connectivity index (χ2v) is 6.22. The van der Waals surface area contributed by atoms with Crippen LogP contribution in [0.25, 0.3) is 10.4 Å². The van der Waals surface area contributed by atoms with Crippen LogP contribution in [0.5, 0.6) is 0 Å². The summed E-state index contributed by atoms with van der Waals surface area (Å²) in [5, 5.41) is 5.00. The van der Waals surface area contributed by atoms with E-state index in [4.69, 9.17) is 0 Å². The lowest BCUT2D eigenvalue weighted by atomic mass is 10.1. The van der Waals surface area contributed by atoms with Gasteiger partial charge in [0.25, 0.3) is 5.91 Å². The third kappa shape index (κ3) is 3.40. The number of anilines is 2. The monoisotopic (exact) mass is 323 g/mol. The molecule has 2 aromatic heterocycles. The minimum absolute atomic E-state index is 0.160. The maximum atomic E-state index is 12.5. The summed E-state index contributed by atoms with van der Waals surface area (Å²) in [6.45, 7) is 0. The standard InChI is InChI=1S/C18H17N3OS/c1-21(2)17-10-9-13(12-19-17)18(22)20-15-7-4-3-6-14(15)16-8-5-11-23-16/h3-12H,1-2H3,(H,20,22). The van der Waals surface area contributed by atoms with Crippen LogP contribution in [0.3, 0.4) is 0 Å². The fourth-order valence-electron chi connectivity index (χ4n) is 2.22. The van der Waals surface area contributed by atoms with E-state index in [1.165, 1.54) is 0 Å². The Labute approximate surface area is 139 Å². The number of hydrogen-bond donors (Lipinski definition) is 1. The van der Waals surface area contributed by atoms with Crippen LogP contribution in [0.1, 0.15) is 10.4 Å². The molecule has 0 bridgehead atoms. The number of benzene rings is 1. The van der Waals surface area contributed by atoms with Gasteiger partial charge < -0.3 is 10.2 Å². The summed E-state index contributed by atoms with van der Waals surface area (Å²) in [5.74, 6) is 0.660. The Bertz CT molecular complexity index is 795. The van der Waals surface area contributed by atoms with Crippen molar-refractivity contribution in [3.63, 3.8) is 0 Å². The number of rotatable bonds is 4. The number of amides is 1. The largest absolute Gasteiger partial charge is 0.363 e. The number of nitrogens with one attached hydrogen (secondary N) is 1. The van der Waals surface area contributed by atoms with Gasteiger partial charge in [0.15, 0.2) is 0 Å². The number of carbonyl (C=O) groups is 1. The van der Waals surface area contributed by atoms with Gasteiger partial charge in [-0.1, -0.05) is 24.3 Å². The van der Waals surface area contributed by atoms with Gasteiger partial charge in [0.1, 0.15) is 5.82 Å². The predicted octanol–water partition coefficient (Wildman–Crippen LogP) is 4.13. The summed E-state index contributed by atoms with van der Waals surface area (Å²) >= 11 is 1.65. The molecule has 3 aromatic rings. The lowest BCUT2D eigenvalue weighted by Crippen LogP contribution is -2.14. The molecule has 5 heteroatoms. The molecule has 0 atom stereocenters. The van der Waals surface area contributed by atoms with Gasteiger partial charge in [-0.3, -0.25) is 4.79 Å². The Balaban J connectivity index is 1.83. The highest BCUT2D eigenvalue weighted by atomic mass is 32.1. The molecule has 0 aliphatic rings. The predicted molar refractivity (Wildman–Crippen MR) is 96.3 cm³/mol. The van der Waals surface area contributed by atoms with Gasteiger partial charge in [-0.2, -0.15) is 0 Å². The highest BCUT2D eigenvalue weighted by Gasteiger charge is 2.11. The van der Waals surface area contributed by atoms with Crippen LogP contribution in [0.2, 0.25) is 0 Å². The van der Waals surface area contributed by atoms with Gasteiger partial charge in [0.2, 0.25) is 0 Å². The van der Waals surface area contributed by atoms with Gasteiger partial charge in [0.05, 0.1) is 5.56 Å². The van der Waals surface area contributed by atoms with E-state index in [1.54, 1.807) is 23.6 Å². The highest BCUT2D eigenvalue weighted by Crippen LogP contribution is 2.31. The lowest BCUT2D eigenvalue weighted by Gasteiger charge is -2.12. The Morgan fingerprint density at radius 1 is 1.09 bits per heavy atom. The SMILES string of the molecule is CN(C)c1ccc(C(=O)Nc2ccccc2-c2cccs2)cn1. The normalized spacial score (nSPS) is 10.3. The summed E-state index contributed by atoms with van der Waals surface area (Å²) in [5.41, 5.74) is 2.36. The second kappa shape index (κ2) is 6.62. The van der Waals surface area contributed by atoms with Crippen LogP contribution in [0.4, 0.5) is 11.5 Å². The van der Waals surface area contributed by atoms with E-state index in [1.807, 2.05) is 66.8 Å². The number of hydrogen-bond acceptors (Lipinski definition) is 4. The molecule has 0 spiro atoms. The van der Waals surface area contributed by atoms with Crippen LogP contribution in [-0.2, 0) is 0 Å². The highest BCUT2D eigenvalue weighted by molar-refractivity contribution is 7.13. The molecule has 0 aliphatic heterocycles. The molecule has 23 heavy (non-hydrogen) atoms. The minimum atomic E-state index is -0.160. The summed E-state index contributed by atoms with van der Waals surface area (Å²) < 4.78 is 0. The zero-order chi connectivity index (χ0) is 16.2. The number of aromatic nitrogens is 1. The van der Waals surface area contributed by atoms with Crippen LogP contribution in [0, 0.1) is 0 Å². The summed E-state index contributed by atoms with van der Waals surface area (Å²) in [7, 11) is 3.83. The molecule has 0 radical (unpaired) electrons. The van der Waals surface area contributed by atoms with Crippen molar-refractivity contribution in [2.24, 2.45) is 0 Å². The molecule has 0 saturated carbocycles. The first-order chi connectivity index (χ1) is 11.1. The first-order valence-corrected chi connectivity index (χ1v) is 8.11. The number of para-hydroxylation sites is 1. The van der Waals surface area contributed by atoms with E-state index in [9.17, 15) is 4.79 Å². The van der Waals surface area contributed by atoms with Crippen molar-refractivity contribution in [1.82, 2.24) is 4.98 Å². The fourth-order valence-corrected chi connectivity index (χ4v) is 2.98. The quantitative estimate of drug-likeness (QED) is 0.785. The fraction of sp³-hybridized carbons (Fsp3) is 0.111. The molecule has 1 N–H and O–H groups in total. The van der Waals surface area contributed by atoms with Crippen LogP contribution >= 0.6 is 11.3 Å². The van der Waals surface area contributed by atoms with E-state index < -0.39 is 0 Å². The number of carbonyl (C=O) groups excluding carboxylic acids is 1. The van der Waals surface area contributed by atoms with Crippen LogP contribution in [0.15, 0.2) is 60.1 Å². The van der Waals surface area contributed by atoms with Crippen LogP contribution in [-0.4, -0.2) is 25.0 Å². The Kier molecular flexibility index (Phi) is 4.39. The van der Waals surface area contributed by atoms with E-state index in [0.717, 1.165) is 21.9 Å². The average molecular weight is 323 g/mol. The average Bonchev–Trinajstić information content (AvgIpc) is 3.09. The van der Waals surface area contributed by atoms with Gasteiger partial charge >= 0.3 is 0 Å².